The largest absolute Gasteiger partial charge is 0.497 e. The molecule has 182 valence electrons. The summed E-state index contributed by atoms with van der Waals surface area (Å²) in [6.07, 6.45) is 4.68. The summed E-state index contributed by atoms with van der Waals surface area (Å²) < 4.78 is 34.0. The molecule has 4 rings (SSSR count). The van der Waals surface area contributed by atoms with E-state index in [0.717, 1.165) is 37.0 Å². The van der Waals surface area contributed by atoms with Crippen LogP contribution in [0.1, 0.15) is 36.8 Å². The second kappa shape index (κ2) is 10.2. The molecule has 0 aliphatic heterocycles. The van der Waals surface area contributed by atoms with Crippen LogP contribution in [0.25, 0.3) is 0 Å². The maximum Gasteiger partial charge on any atom is 0.388 e. The van der Waals surface area contributed by atoms with Crippen LogP contribution in [0.4, 0.5) is 13.6 Å². The molecule has 0 atom stereocenters. The first-order chi connectivity index (χ1) is 16.3. The highest BCUT2D eigenvalue weighted by atomic mass is 19.3. The standard InChI is InChI=1S/C24H28F2N4O4/c1-33-19-4-2-15(3-5-19)13-29-23(32)30-18-11-24(12-18)9-17(10-24)21(31)28-14-16-6-7-27-20(8-16)34-22(25)26/h2-8,17-18,22H,9-14H2,1H3,(H,28,31)(H2,29,30,32). The molecule has 1 aromatic carbocycles. The van der Waals surface area contributed by atoms with Gasteiger partial charge in [0.25, 0.3) is 0 Å². The van der Waals surface area contributed by atoms with Crippen molar-refractivity contribution in [3.63, 3.8) is 0 Å². The first-order valence-electron chi connectivity index (χ1n) is 11.2. The van der Waals surface area contributed by atoms with Crippen molar-refractivity contribution >= 4 is 11.9 Å². The number of nitrogens with zero attached hydrogens (tertiary/aromatic N) is 1. The van der Waals surface area contributed by atoms with E-state index in [4.69, 9.17) is 4.74 Å². The second-order valence-electron chi connectivity index (χ2n) is 8.98. The number of nitrogens with one attached hydrogen (secondary N) is 3. The van der Waals surface area contributed by atoms with Crippen molar-refractivity contribution in [2.24, 2.45) is 11.3 Å². The topological polar surface area (TPSA) is 102 Å². The lowest BCUT2D eigenvalue weighted by Gasteiger charge is -2.57. The van der Waals surface area contributed by atoms with Gasteiger partial charge in [-0.05, 0) is 60.4 Å². The Labute approximate surface area is 196 Å². The van der Waals surface area contributed by atoms with Crippen molar-refractivity contribution < 1.29 is 27.8 Å². The van der Waals surface area contributed by atoms with Gasteiger partial charge in [0.1, 0.15) is 5.75 Å². The number of hydrogen-bond donors (Lipinski definition) is 3. The van der Waals surface area contributed by atoms with Gasteiger partial charge in [0.05, 0.1) is 7.11 Å². The summed E-state index contributed by atoms with van der Waals surface area (Å²) in [4.78, 5) is 28.3. The first kappa shape index (κ1) is 23.7. The molecule has 2 saturated carbocycles. The SMILES string of the molecule is COc1ccc(CNC(=O)NC2CC3(C2)CC(C(=O)NCc2ccnc(OC(F)F)c2)C3)cc1. The van der Waals surface area contributed by atoms with Crippen molar-refractivity contribution in [2.75, 3.05) is 7.11 Å². The summed E-state index contributed by atoms with van der Waals surface area (Å²) in [6.45, 7) is -2.28. The van der Waals surface area contributed by atoms with Gasteiger partial charge in [-0.1, -0.05) is 12.1 Å². The number of halogens is 2. The van der Waals surface area contributed by atoms with Crippen LogP contribution in [0.5, 0.6) is 11.6 Å². The van der Waals surface area contributed by atoms with Crippen LogP contribution in [-0.4, -0.2) is 36.7 Å². The van der Waals surface area contributed by atoms with E-state index in [9.17, 15) is 18.4 Å². The van der Waals surface area contributed by atoms with Gasteiger partial charge >= 0.3 is 12.6 Å². The molecule has 10 heteroatoms. The van der Waals surface area contributed by atoms with Crippen molar-refractivity contribution in [3.8, 4) is 11.6 Å². The monoisotopic (exact) mass is 474 g/mol. The number of urea groups is 1. The van der Waals surface area contributed by atoms with Crippen LogP contribution in [0.2, 0.25) is 0 Å². The predicted molar refractivity (Wildman–Crippen MR) is 119 cm³/mol. The number of ether oxygens (including phenoxy) is 2. The van der Waals surface area contributed by atoms with E-state index in [0.29, 0.717) is 12.1 Å². The Hall–Kier alpha value is -3.43. The highest BCUT2D eigenvalue weighted by Crippen LogP contribution is 2.58. The Bertz CT molecular complexity index is 1000. The number of alkyl halides is 2. The third-order valence-corrected chi connectivity index (χ3v) is 6.51. The molecular formula is C24H28F2N4O4. The minimum absolute atomic E-state index is 0.0487. The first-order valence-corrected chi connectivity index (χ1v) is 11.2. The molecule has 0 radical (unpaired) electrons. The van der Waals surface area contributed by atoms with Gasteiger partial charge < -0.3 is 25.4 Å². The molecule has 2 aromatic rings. The fourth-order valence-corrected chi connectivity index (χ4v) is 4.80. The van der Waals surface area contributed by atoms with Crippen molar-refractivity contribution in [1.82, 2.24) is 20.9 Å². The molecule has 1 aromatic heterocycles. The zero-order chi connectivity index (χ0) is 24.1. The number of aromatic nitrogens is 1. The molecule has 0 saturated heterocycles. The third-order valence-electron chi connectivity index (χ3n) is 6.51. The molecule has 3 N–H and O–H groups in total. The smallest absolute Gasteiger partial charge is 0.388 e. The number of benzene rings is 1. The Morgan fingerprint density at radius 2 is 1.76 bits per heavy atom. The van der Waals surface area contributed by atoms with Gasteiger partial charge in [0.15, 0.2) is 0 Å². The molecule has 2 fully saturated rings. The zero-order valence-corrected chi connectivity index (χ0v) is 18.9. The molecule has 1 spiro atoms. The number of rotatable bonds is 9. The number of pyridine rings is 1. The summed E-state index contributed by atoms with van der Waals surface area (Å²) in [5, 5.41) is 8.71. The van der Waals surface area contributed by atoms with Gasteiger partial charge in [0.2, 0.25) is 11.8 Å². The van der Waals surface area contributed by atoms with E-state index in [1.54, 1.807) is 13.2 Å². The normalized spacial score (nSPS) is 22.9. The quantitative estimate of drug-likeness (QED) is 0.517. The maximum atomic E-state index is 12.4. The van der Waals surface area contributed by atoms with E-state index in [2.05, 4.69) is 25.7 Å². The van der Waals surface area contributed by atoms with Crippen LogP contribution < -0.4 is 25.4 Å². The van der Waals surface area contributed by atoms with Gasteiger partial charge in [-0.2, -0.15) is 8.78 Å². The van der Waals surface area contributed by atoms with Crippen molar-refractivity contribution in [3.05, 3.63) is 53.7 Å². The van der Waals surface area contributed by atoms with Crippen LogP contribution in [0, 0.1) is 11.3 Å². The summed E-state index contributed by atoms with van der Waals surface area (Å²) >= 11 is 0. The minimum atomic E-state index is -2.94. The number of methoxy groups -OCH3 is 1. The average molecular weight is 475 g/mol. The van der Waals surface area contributed by atoms with Gasteiger partial charge in [-0.3, -0.25) is 4.79 Å². The highest BCUT2D eigenvalue weighted by Gasteiger charge is 2.54. The molecule has 1 heterocycles. The summed E-state index contributed by atoms with van der Waals surface area (Å²) in [5.74, 6) is 0.479. The lowest BCUT2D eigenvalue weighted by Crippen LogP contribution is -2.59. The predicted octanol–water partition coefficient (Wildman–Crippen LogP) is 3.37. The Morgan fingerprint density at radius 3 is 2.44 bits per heavy atom. The molecule has 2 aliphatic rings. The molecule has 2 aliphatic carbocycles. The number of amides is 3. The van der Waals surface area contributed by atoms with Gasteiger partial charge in [-0.25, -0.2) is 9.78 Å². The van der Waals surface area contributed by atoms with Crippen molar-refractivity contribution in [2.45, 2.75) is 51.4 Å². The molecule has 34 heavy (non-hydrogen) atoms. The van der Waals surface area contributed by atoms with Crippen LogP contribution >= 0.6 is 0 Å². The molecular weight excluding hydrogens is 446 g/mol. The lowest BCUT2D eigenvalue weighted by atomic mass is 9.50. The number of hydrogen-bond acceptors (Lipinski definition) is 5. The molecule has 3 amide bonds. The van der Waals surface area contributed by atoms with Gasteiger partial charge in [0, 0.05) is 37.3 Å². The van der Waals surface area contributed by atoms with Gasteiger partial charge in [-0.15, -0.1) is 0 Å². The summed E-state index contributed by atoms with van der Waals surface area (Å²) in [5.41, 5.74) is 1.75. The molecule has 0 unspecified atom stereocenters. The number of carbonyl (C=O) groups excluding carboxylic acids is 2. The lowest BCUT2D eigenvalue weighted by molar-refractivity contribution is -0.138. The van der Waals surface area contributed by atoms with E-state index in [-0.39, 0.29) is 41.7 Å². The van der Waals surface area contributed by atoms with E-state index >= 15 is 0 Å². The Morgan fingerprint density at radius 1 is 1.06 bits per heavy atom. The van der Waals surface area contributed by atoms with E-state index in [1.165, 1.54) is 12.3 Å². The van der Waals surface area contributed by atoms with E-state index in [1.807, 2.05) is 24.3 Å². The highest BCUT2D eigenvalue weighted by molar-refractivity contribution is 5.80. The fraction of sp³-hybridized carbons (Fsp3) is 0.458. The fourth-order valence-electron chi connectivity index (χ4n) is 4.80. The van der Waals surface area contributed by atoms with E-state index < -0.39 is 6.61 Å². The third kappa shape index (κ3) is 5.92. The maximum absolute atomic E-state index is 12.4. The Balaban J connectivity index is 1.12. The molecule has 0 bridgehead atoms. The minimum Gasteiger partial charge on any atom is -0.497 e. The second-order valence-corrected chi connectivity index (χ2v) is 8.98. The van der Waals surface area contributed by atoms with Crippen LogP contribution in [-0.2, 0) is 17.9 Å². The number of carbonyl (C=O) groups is 2. The van der Waals surface area contributed by atoms with Crippen LogP contribution in [0.3, 0.4) is 0 Å². The zero-order valence-electron chi connectivity index (χ0n) is 18.9. The van der Waals surface area contributed by atoms with Crippen molar-refractivity contribution in [1.29, 1.82) is 0 Å². The van der Waals surface area contributed by atoms with Crippen LogP contribution in [0.15, 0.2) is 42.6 Å². The molecule has 8 nitrogen and oxygen atoms in total. The summed E-state index contributed by atoms with van der Waals surface area (Å²) in [7, 11) is 1.61. The average Bonchev–Trinajstić information content (AvgIpc) is 2.77. The summed E-state index contributed by atoms with van der Waals surface area (Å²) in [6, 6.07) is 10.5. The Kier molecular flexibility index (Phi) is 7.14.